The van der Waals surface area contributed by atoms with Gasteiger partial charge in [0.2, 0.25) is 0 Å². The molecule has 27 heteroatoms. The first-order valence-corrected chi connectivity index (χ1v) is 30.6. The van der Waals surface area contributed by atoms with Gasteiger partial charge in [0.15, 0.2) is 0 Å². The van der Waals surface area contributed by atoms with Crippen LogP contribution in [0, 0.1) is 0 Å². The molecule has 9 aliphatic rings. The molecule has 0 N–H and O–H groups in total. The van der Waals surface area contributed by atoms with Crippen LogP contribution in [0.2, 0.25) is 0 Å². The molecule has 0 bridgehead atoms. The van der Waals surface area contributed by atoms with Crippen LogP contribution in [0.5, 0.6) is 0 Å². The first-order valence-electron chi connectivity index (χ1n) is 24.3. The van der Waals surface area contributed by atoms with Gasteiger partial charge in [-0.25, -0.2) is 5.01 Å². The molecule has 0 amide bonds. The van der Waals surface area contributed by atoms with Gasteiger partial charge in [0.25, 0.3) is 0 Å². The van der Waals surface area contributed by atoms with E-state index >= 15 is 0 Å². The molecule has 0 saturated carbocycles. The van der Waals surface area contributed by atoms with E-state index in [2.05, 4.69) is 227 Å². The molecule has 3 radical (unpaired) electrons. The Morgan fingerprint density at radius 3 is 0.711 bits per heavy atom. The van der Waals surface area contributed by atoms with Crippen molar-refractivity contribution in [1.29, 1.82) is 0 Å². The normalized spacial score (nSPS) is 18.6. The van der Waals surface area contributed by atoms with Crippen molar-refractivity contribution in [2.75, 3.05) is 144 Å². The summed E-state index contributed by atoms with van der Waals surface area (Å²) in [6.07, 6.45) is 0. The third kappa shape index (κ3) is 30.0. The van der Waals surface area contributed by atoms with Gasteiger partial charge in [0.1, 0.15) is 12.5 Å². The summed E-state index contributed by atoms with van der Waals surface area (Å²) >= 11 is 4.24. The molecule has 0 spiro atoms. The molecule has 9 rings (SSSR count). The molecule has 0 unspecified atom stereocenters. The maximum atomic E-state index is 4.20. The number of rotatable bonds is 0. The molecule has 0 aromatic heterocycles. The smallest absolute Gasteiger partial charge is 0.123 e. The number of allylic oxidation sites excluding steroid dienone is 9. The fourth-order valence-corrected chi connectivity index (χ4v) is 6.29. The maximum absolute atomic E-state index is 4.20. The summed E-state index contributed by atoms with van der Waals surface area (Å²) in [5.41, 5.74) is 24.3. The number of halogens is 2. The van der Waals surface area contributed by atoms with E-state index in [0.717, 1.165) is 83.2 Å². The Kier molecular flexibility index (Phi) is 45.4. The number of hydrogen-bond acceptors (Lipinski definition) is 16. The van der Waals surface area contributed by atoms with Crippen LogP contribution in [0.25, 0.3) is 32.2 Å². The molecule has 76 heavy (non-hydrogen) atoms. The Balaban J connectivity index is -0.000000381. The zero-order valence-electron chi connectivity index (χ0n) is 51.7. The van der Waals surface area contributed by atoms with Gasteiger partial charge in [0, 0.05) is 244 Å². The van der Waals surface area contributed by atoms with Crippen molar-refractivity contribution in [2.45, 2.75) is 96.9 Å². The van der Waals surface area contributed by atoms with Gasteiger partial charge in [-0.3, -0.25) is 5.01 Å². The van der Waals surface area contributed by atoms with Crippen LogP contribution in [0.15, 0.2) is 77.3 Å². The number of amidine groups is 4. The Bertz CT molecular complexity index is 1840. The van der Waals surface area contributed by atoms with Crippen LogP contribution in [-0.2, 0) is 98.1 Å². The van der Waals surface area contributed by atoms with E-state index < -0.39 is 0 Å². The van der Waals surface area contributed by atoms with Gasteiger partial charge in [-0.15, -0.1) is 17.1 Å². The molecule has 0 aromatic rings. The van der Waals surface area contributed by atoms with Crippen molar-refractivity contribution in [2.24, 2.45) is 20.4 Å². The number of hydrogen-bond donors (Lipinski definition) is 0. The zero-order valence-corrected chi connectivity index (χ0v) is 64.5. The van der Waals surface area contributed by atoms with Crippen LogP contribution >= 0.6 is 37.2 Å². The van der Waals surface area contributed by atoms with E-state index in [9.17, 15) is 0 Å². The summed E-state index contributed by atoms with van der Waals surface area (Å²) in [6, 6.07) is 0. The zero-order chi connectivity index (χ0) is 56.4. The van der Waals surface area contributed by atoms with Gasteiger partial charge in [-0.2, -0.15) is 5.10 Å². The summed E-state index contributed by atoms with van der Waals surface area (Å²) < 4.78 is 0. The monoisotopic (exact) mass is 1510 g/mol. The Hall–Kier alpha value is -1.29. The number of hydrazone groups is 1. The molecule has 0 atom stereocenters. The van der Waals surface area contributed by atoms with Gasteiger partial charge in [0.05, 0.1) is 24.2 Å². The largest absolute Gasteiger partial charge is 0.670 e. The topological polar surface area (TPSA) is 173 Å². The van der Waals surface area contributed by atoms with Crippen molar-refractivity contribution in [1.82, 2.24) is 59.1 Å². The SMILES string of the molecule is CC1=C(C)N(C)CN1C.CC1=C(C)N(C)C[N-]1.CC1=C(C)N(C)C[N-]1.CC1=C(C)N(C)C[N-]1.CC1=C(C)N(C)N(C)C1.CC1=NN(C)CN1C.CC1=N[N-]CN1C.CC1=N[N-]CN1C.CC1=N[N-]CN1C.II.[Y].[Y].[Y]. The number of likely N-dealkylation sites (N-methyl/N-ethyl adjacent to an activating group) is 1. The maximum Gasteiger partial charge on any atom is 0.123 e. The quantitative estimate of drug-likeness (QED) is 0.210. The predicted molar refractivity (Wildman–Crippen MR) is 329 cm³/mol. The van der Waals surface area contributed by atoms with Crippen molar-refractivity contribution in [3.05, 3.63) is 89.1 Å². The number of hydrazine groups is 1. The molecule has 431 valence electrons. The molecule has 0 saturated heterocycles. The van der Waals surface area contributed by atoms with Crippen LogP contribution < -0.4 is 0 Å². The van der Waals surface area contributed by atoms with E-state index in [-0.39, 0.29) is 98.1 Å². The minimum atomic E-state index is 0. The fourth-order valence-electron chi connectivity index (χ4n) is 6.29. The van der Waals surface area contributed by atoms with Crippen molar-refractivity contribution >= 4 is 60.6 Å². The fraction of sp³-hybridized carbons (Fsp3) is 0.714. The van der Waals surface area contributed by atoms with E-state index in [1.54, 1.807) is 0 Å². The molecular formula is C49H96I2N22Y3-6. The summed E-state index contributed by atoms with van der Waals surface area (Å²) in [4.78, 5) is 18.9. The van der Waals surface area contributed by atoms with E-state index in [0.29, 0.717) is 0 Å². The molecule has 0 fully saturated rings. The third-order valence-corrected chi connectivity index (χ3v) is 13.4. The second-order valence-corrected chi connectivity index (χ2v) is 18.9. The molecule has 9 heterocycles. The Morgan fingerprint density at radius 2 is 0.645 bits per heavy atom. The molecule has 0 aromatic carbocycles. The molecule has 9 aliphatic heterocycles. The summed E-state index contributed by atoms with van der Waals surface area (Å²) in [5, 5.41) is 34.4. The van der Waals surface area contributed by atoms with Gasteiger partial charge < -0.3 is 96.6 Å². The Labute approximate surface area is 561 Å². The van der Waals surface area contributed by atoms with Crippen LogP contribution in [0.3, 0.4) is 0 Å². The van der Waals surface area contributed by atoms with E-state index in [1.165, 1.54) is 56.8 Å². The second kappa shape index (κ2) is 42.5. The molecular weight excluding hydrogens is 1420 g/mol. The van der Waals surface area contributed by atoms with Gasteiger partial charge in [-0.05, 0) is 119 Å². The van der Waals surface area contributed by atoms with Gasteiger partial charge >= 0.3 is 0 Å². The van der Waals surface area contributed by atoms with Crippen molar-refractivity contribution in [3.63, 3.8) is 0 Å². The van der Waals surface area contributed by atoms with Crippen LogP contribution in [-0.4, -0.2) is 227 Å². The summed E-state index contributed by atoms with van der Waals surface area (Å²) in [5.74, 6) is 4.09. The van der Waals surface area contributed by atoms with E-state index in [1.807, 2.05) is 103 Å². The minimum Gasteiger partial charge on any atom is -0.670 e. The second-order valence-electron chi connectivity index (χ2n) is 18.9. The standard InChI is InChI=1S/2C7H14N2.3C6H11N2.C5H11N3.3C4H8N3.I2.3Y/c1-6-7(2)9(4)5-8(6)3;1-6-5-8(3)9(4)7(6)2;3*1-5-6(2)8(3)4-7-5;1-5-6-8(3)4-7(5)2;3*1-4-6-5-3-7(4)2;1-2;;;/h2*5H2,1-4H3;4*4H2,1-3H3;3*3H2,1-2H3;;;;/q;;3*-1;;3*-1;;;;. The molecule has 0 aliphatic carbocycles. The van der Waals surface area contributed by atoms with Crippen LogP contribution in [0.4, 0.5) is 0 Å². The average Bonchev–Trinajstić information content (AvgIpc) is 4.28. The van der Waals surface area contributed by atoms with Crippen molar-refractivity contribution < 1.29 is 98.1 Å². The average molecular weight is 1510 g/mol. The molecule has 22 nitrogen and oxygen atoms in total. The summed E-state index contributed by atoms with van der Waals surface area (Å²) in [6.45, 7) is 36.6. The van der Waals surface area contributed by atoms with Crippen molar-refractivity contribution in [3.8, 4) is 0 Å². The number of nitrogens with zero attached hydrogens (tertiary/aromatic N) is 22. The first kappa shape index (κ1) is 81.2. The van der Waals surface area contributed by atoms with Gasteiger partial charge in [-0.1, -0.05) is 40.8 Å². The van der Waals surface area contributed by atoms with E-state index in [4.69, 9.17) is 0 Å². The summed E-state index contributed by atoms with van der Waals surface area (Å²) in [7, 11) is 24.5. The predicted octanol–water partition coefficient (Wildman–Crippen LogP) is 10.4. The van der Waals surface area contributed by atoms with Crippen LogP contribution in [0.1, 0.15) is 96.9 Å². The Morgan fingerprint density at radius 1 is 0.342 bits per heavy atom. The third-order valence-electron chi connectivity index (χ3n) is 13.4. The first-order chi connectivity index (χ1) is 34.0. The minimum absolute atomic E-state index is 0.